The Bertz CT molecular complexity index is 916. The van der Waals surface area contributed by atoms with Gasteiger partial charge in [0.05, 0.1) is 0 Å². The molecule has 6 nitrogen and oxygen atoms in total. The SMILES string of the molecule is CCCCCCCCCCCCCCCC[C@H](CSC[C@@H](NC(=O)CCCCCCCCCCCCCCC)C(=O)O)OC(=O)CCCCCCCCCCCCCCC. The van der Waals surface area contributed by atoms with E-state index in [1.165, 1.54) is 224 Å². The molecule has 0 aromatic heterocycles. The summed E-state index contributed by atoms with van der Waals surface area (Å²) in [5, 5.41) is 12.7. The number of aliphatic carboxylic acids is 1. The van der Waals surface area contributed by atoms with Gasteiger partial charge < -0.3 is 15.2 Å². The van der Waals surface area contributed by atoms with Crippen molar-refractivity contribution in [1.82, 2.24) is 5.32 Å². The van der Waals surface area contributed by atoms with Crippen molar-refractivity contribution in [2.24, 2.45) is 0 Å². The minimum absolute atomic E-state index is 0.116. The number of carbonyl (C=O) groups is 3. The molecule has 0 aliphatic rings. The first-order chi connectivity index (χ1) is 29.4. The minimum Gasteiger partial charge on any atom is -0.480 e. The molecule has 60 heavy (non-hydrogen) atoms. The molecule has 0 aromatic rings. The van der Waals surface area contributed by atoms with Crippen LogP contribution in [0.2, 0.25) is 0 Å². The van der Waals surface area contributed by atoms with Crippen molar-refractivity contribution in [3.8, 4) is 0 Å². The summed E-state index contributed by atoms with van der Waals surface area (Å²) in [7, 11) is 0. The standard InChI is InChI=1S/C53H103NO5S/c1-4-7-10-13-16-19-22-25-28-29-32-35-38-41-44-49(59-52(56)46-43-40-37-34-31-27-24-21-18-15-12-9-6-3)47-60-48-50(53(57)58)54-51(55)45-42-39-36-33-30-26-23-20-17-14-11-8-5-2/h49-50H,4-48H2,1-3H3,(H,54,55)(H,57,58)/t49-,50-/m1/s1. The lowest BCUT2D eigenvalue weighted by atomic mass is 10.0. The fourth-order valence-electron chi connectivity index (χ4n) is 8.34. The molecule has 1 amide bonds. The first kappa shape index (κ1) is 58.8. The largest absolute Gasteiger partial charge is 0.480 e. The number of ether oxygens (including phenoxy) is 1. The lowest BCUT2D eigenvalue weighted by Gasteiger charge is -2.20. The van der Waals surface area contributed by atoms with Gasteiger partial charge in [0.25, 0.3) is 0 Å². The van der Waals surface area contributed by atoms with E-state index in [2.05, 4.69) is 26.1 Å². The summed E-state index contributed by atoms with van der Waals surface area (Å²) >= 11 is 1.49. The molecule has 0 radical (unpaired) electrons. The van der Waals surface area contributed by atoms with E-state index < -0.39 is 12.0 Å². The first-order valence-electron chi connectivity index (χ1n) is 26.7. The second kappa shape index (κ2) is 48.8. The van der Waals surface area contributed by atoms with Crippen molar-refractivity contribution >= 4 is 29.6 Å². The highest BCUT2D eigenvalue weighted by atomic mass is 32.2. The van der Waals surface area contributed by atoms with E-state index in [0.717, 1.165) is 51.4 Å². The molecule has 7 heteroatoms. The summed E-state index contributed by atoms with van der Waals surface area (Å²) in [6.45, 7) is 6.81. The van der Waals surface area contributed by atoms with Crippen LogP contribution in [0.25, 0.3) is 0 Å². The molecular formula is C53H103NO5S. The Morgan fingerprint density at radius 2 is 0.717 bits per heavy atom. The van der Waals surface area contributed by atoms with Crippen molar-refractivity contribution in [2.45, 2.75) is 309 Å². The zero-order chi connectivity index (χ0) is 43.8. The molecule has 0 saturated heterocycles. The summed E-state index contributed by atoms with van der Waals surface area (Å²) in [5.41, 5.74) is 0. The monoisotopic (exact) mass is 866 g/mol. The molecule has 2 atom stereocenters. The third-order valence-corrected chi connectivity index (χ3v) is 13.6. The Morgan fingerprint density at radius 3 is 1.05 bits per heavy atom. The zero-order valence-corrected chi connectivity index (χ0v) is 41.3. The molecule has 0 bridgehead atoms. The maximum atomic E-state index is 12.9. The molecule has 0 aromatic carbocycles. The number of esters is 1. The Balaban J connectivity index is 4.47. The van der Waals surface area contributed by atoms with Crippen LogP contribution in [0.1, 0.15) is 297 Å². The summed E-state index contributed by atoms with van der Waals surface area (Å²) in [5.74, 6) is -0.430. The van der Waals surface area contributed by atoms with Crippen LogP contribution in [-0.4, -0.2) is 46.6 Å². The third-order valence-electron chi connectivity index (χ3n) is 12.4. The van der Waals surface area contributed by atoms with E-state index >= 15 is 0 Å². The van der Waals surface area contributed by atoms with Crippen molar-refractivity contribution < 1.29 is 24.2 Å². The zero-order valence-electron chi connectivity index (χ0n) is 40.5. The number of amides is 1. The normalized spacial score (nSPS) is 12.4. The van der Waals surface area contributed by atoms with Gasteiger partial charge in [-0.15, -0.1) is 0 Å². The third kappa shape index (κ3) is 44.8. The quantitative estimate of drug-likeness (QED) is 0.0467. The Morgan fingerprint density at radius 1 is 0.417 bits per heavy atom. The number of unbranched alkanes of at least 4 members (excludes halogenated alkanes) is 37. The maximum Gasteiger partial charge on any atom is 0.327 e. The van der Waals surface area contributed by atoms with Gasteiger partial charge in [-0.1, -0.05) is 258 Å². The number of hydrogen-bond donors (Lipinski definition) is 2. The van der Waals surface area contributed by atoms with E-state index in [-0.39, 0.29) is 23.7 Å². The fourth-order valence-corrected chi connectivity index (χ4v) is 9.43. The number of hydrogen-bond acceptors (Lipinski definition) is 5. The van der Waals surface area contributed by atoms with Gasteiger partial charge in [-0.05, 0) is 25.7 Å². The van der Waals surface area contributed by atoms with Crippen LogP contribution in [0.3, 0.4) is 0 Å². The number of thioether (sulfide) groups is 1. The molecule has 0 heterocycles. The van der Waals surface area contributed by atoms with Crippen molar-refractivity contribution in [1.29, 1.82) is 0 Å². The van der Waals surface area contributed by atoms with Crippen LogP contribution in [0.4, 0.5) is 0 Å². The van der Waals surface area contributed by atoms with Gasteiger partial charge in [0, 0.05) is 24.3 Å². The molecule has 0 aliphatic carbocycles. The van der Waals surface area contributed by atoms with Gasteiger partial charge >= 0.3 is 11.9 Å². The predicted molar refractivity (Wildman–Crippen MR) is 262 cm³/mol. The van der Waals surface area contributed by atoms with Crippen LogP contribution in [0, 0.1) is 0 Å². The summed E-state index contributed by atoms with van der Waals surface area (Å²) < 4.78 is 6.03. The van der Waals surface area contributed by atoms with Crippen LogP contribution in [0.5, 0.6) is 0 Å². The Kier molecular flexibility index (Phi) is 47.8. The molecule has 0 fully saturated rings. The Hall–Kier alpha value is -1.24. The van der Waals surface area contributed by atoms with E-state index in [1.807, 2.05) is 0 Å². The van der Waals surface area contributed by atoms with E-state index in [0.29, 0.717) is 18.6 Å². The number of carboxylic acid groups (broad SMARTS) is 1. The molecule has 0 unspecified atom stereocenters. The van der Waals surface area contributed by atoms with Gasteiger partial charge in [-0.3, -0.25) is 9.59 Å². The van der Waals surface area contributed by atoms with Gasteiger partial charge in [-0.2, -0.15) is 11.8 Å². The molecule has 356 valence electrons. The average molecular weight is 866 g/mol. The predicted octanol–water partition coefficient (Wildman–Crippen LogP) is 17.0. The summed E-state index contributed by atoms with van der Waals surface area (Å²) in [6, 6.07) is -0.923. The molecule has 0 spiro atoms. The lowest BCUT2D eigenvalue weighted by molar-refractivity contribution is -0.148. The molecule has 0 rings (SSSR count). The highest BCUT2D eigenvalue weighted by Crippen LogP contribution is 2.20. The van der Waals surface area contributed by atoms with Gasteiger partial charge in [0.15, 0.2) is 0 Å². The maximum absolute atomic E-state index is 12.9. The van der Waals surface area contributed by atoms with Crippen molar-refractivity contribution in [3.05, 3.63) is 0 Å². The second-order valence-electron chi connectivity index (χ2n) is 18.5. The van der Waals surface area contributed by atoms with E-state index in [9.17, 15) is 19.5 Å². The van der Waals surface area contributed by atoms with Crippen LogP contribution >= 0.6 is 11.8 Å². The summed E-state index contributed by atoms with van der Waals surface area (Å²) in [4.78, 5) is 37.7. The van der Waals surface area contributed by atoms with Crippen LogP contribution in [-0.2, 0) is 19.1 Å². The highest BCUT2D eigenvalue weighted by molar-refractivity contribution is 7.99. The smallest absolute Gasteiger partial charge is 0.327 e. The van der Waals surface area contributed by atoms with E-state index in [1.54, 1.807) is 0 Å². The van der Waals surface area contributed by atoms with Gasteiger partial charge in [-0.25, -0.2) is 4.79 Å². The fraction of sp³-hybridized carbons (Fsp3) is 0.943. The van der Waals surface area contributed by atoms with Gasteiger partial charge in [0.2, 0.25) is 5.91 Å². The first-order valence-corrected chi connectivity index (χ1v) is 27.9. The topological polar surface area (TPSA) is 92.7 Å². The molecule has 0 aliphatic heterocycles. The van der Waals surface area contributed by atoms with Crippen molar-refractivity contribution in [3.63, 3.8) is 0 Å². The molecular weight excluding hydrogens is 763 g/mol. The molecule has 0 saturated carbocycles. The van der Waals surface area contributed by atoms with Gasteiger partial charge in [0.1, 0.15) is 12.1 Å². The van der Waals surface area contributed by atoms with Crippen molar-refractivity contribution in [2.75, 3.05) is 11.5 Å². The number of nitrogens with one attached hydrogen (secondary N) is 1. The average Bonchev–Trinajstić information content (AvgIpc) is 3.23. The number of carbonyl (C=O) groups excluding carboxylic acids is 2. The lowest BCUT2D eigenvalue weighted by Crippen LogP contribution is -2.42. The van der Waals surface area contributed by atoms with Crippen LogP contribution in [0.15, 0.2) is 0 Å². The Labute approximate surface area is 378 Å². The second-order valence-corrected chi connectivity index (χ2v) is 19.6. The highest BCUT2D eigenvalue weighted by Gasteiger charge is 2.22. The molecule has 2 N–H and O–H groups in total. The summed E-state index contributed by atoms with van der Waals surface area (Å²) in [6.07, 6.45) is 52.7. The van der Waals surface area contributed by atoms with E-state index in [4.69, 9.17) is 4.74 Å². The number of carboxylic acids is 1. The minimum atomic E-state index is -0.996. The number of rotatable bonds is 50. The van der Waals surface area contributed by atoms with Crippen LogP contribution < -0.4 is 5.32 Å².